The molecule has 0 radical (unpaired) electrons. The van der Waals surface area contributed by atoms with Gasteiger partial charge in [-0.2, -0.15) is 0 Å². The Morgan fingerprint density at radius 1 is 1.43 bits per heavy atom. The van der Waals surface area contributed by atoms with Crippen molar-refractivity contribution in [2.75, 3.05) is 7.05 Å². The molecule has 1 aromatic rings. The summed E-state index contributed by atoms with van der Waals surface area (Å²) < 4.78 is 1.07. The fourth-order valence-corrected chi connectivity index (χ4v) is 1.25. The highest BCUT2D eigenvalue weighted by Gasteiger charge is 1.95. The van der Waals surface area contributed by atoms with Crippen molar-refractivity contribution in [3.05, 3.63) is 34.3 Å². The monoisotopic (exact) mass is 256 g/mol. The summed E-state index contributed by atoms with van der Waals surface area (Å²) >= 11 is 3.38. The molecule has 76 valence electrons. The molecule has 0 atom stereocenters. The van der Waals surface area contributed by atoms with Crippen LogP contribution in [0.15, 0.2) is 33.7 Å². The number of halogens is 1. The van der Waals surface area contributed by atoms with Crippen LogP contribution in [0.4, 0.5) is 0 Å². The summed E-state index contributed by atoms with van der Waals surface area (Å²) in [4.78, 5) is 3.90. The molecule has 0 unspecified atom stereocenters. The Morgan fingerprint density at radius 2 is 2.07 bits per heavy atom. The van der Waals surface area contributed by atoms with Crippen LogP contribution in [0.3, 0.4) is 0 Å². The van der Waals surface area contributed by atoms with Gasteiger partial charge < -0.3 is 5.32 Å². The highest BCUT2D eigenvalue weighted by molar-refractivity contribution is 9.10. The van der Waals surface area contributed by atoms with E-state index in [1.807, 2.05) is 24.3 Å². The Morgan fingerprint density at radius 3 is 2.57 bits per heavy atom. The lowest BCUT2D eigenvalue weighted by Crippen LogP contribution is -2.40. The largest absolute Gasteiger partial charge is 0.351 e. The smallest absolute Gasteiger partial charge is 0.205 e. The van der Waals surface area contributed by atoms with Crippen molar-refractivity contribution in [3.63, 3.8) is 0 Å². The van der Waals surface area contributed by atoms with Crippen LogP contribution in [-0.2, 0) is 6.54 Å². The summed E-state index contributed by atoms with van der Waals surface area (Å²) in [5.41, 5.74) is 3.63. The van der Waals surface area contributed by atoms with Crippen molar-refractivity contribution in [3.8, 4) is 0 Å². The van der Waals surface area contributed by atoms with Gasteiger partial charge in [-0.3, -0.25) is 10.4 Å². The minimum atomic E-state index is 0.577. The molecule has 0 saturated carbocycles. The number of guanidine groups is 1. The average molecular weight is 257 g/mol. The van der Waals surface area contributed by atoms with Crippen molar-refractivity contribution in [1.29, 1.82) is 0 Å². The van der Waals surface area contributed by atoms with Gasteiger partial charge in [0.2, 0.25) is 5.96 Å². The van der Waals surface area contributed by atoms with Crippen molar-refractivity contribution >= 4 is 21.9 Å². The normalized spacial score (nSPS) is 11.2. The first-order valence-corrected chi connectivity index (χ1v) is 4.97. The lowest BCUT2D eigenvalue weighted by molar-refractivity contribution is 0.840. The molecule has 0 fully saturated rings. The molecule has 14 heavy (non-hydrogen) atoms. The van der Waals surface area contributed by atoms with E-state index in [2.05, 4.69) is 31.7 Å². The topological polar surface area (TPSA) is 62.4 Å². The number of rotatable bonds is 2. The summed E-state index contributed by atoms with van der Waals surface area (Å²) in [5, 5.41) is 3.05. The summed E-state index contributed by atoms with van der Waals surface area (Å²) in [7, 11) is 1.67. The van der Waals surface area contributed by atoms with E-state index >= 15 is 0 Å². The summed E-state index contributed by atoms with van der Waals surface area (Å²) in [6.07, 6.45) is 0. The van der Waals surface area contributed by atoms with Gasteiger partial charge in [-0.15, -0.1) is 0 Å². The third kappa shape index (κ3) is 3.35. The van der Waals surface area contributed by atoms with E-state index < -0.39 is 0 Å². The molecular formula is C9H13BrN4. The van der Waals surface area contributed by atoms with Crippen LogP contribution in [0.1, 0.15) is 5.56 Å². The molecule has 0 aliphatic carbocycles. The predicted molar refractivity (Wildman–Crippen MR) is 61.7 cm³/mol. The zero-order valence-electron chi connectivity index (χ0n) is 7.92. The molecule has 4 nitrogen and oxygen atoms in total. The number of nitrogens with two attached hydrogens (primary N) is 1. The molecule has 5 heteroatoms. The second kappa shape index (κ2) is 5.62. The van der Waals surface area contributed by atoms with E-state index in [4.69, 9.17) is 5.84 Å². The molecule has 0 saturated heterocycles. The minimum Gasteiger partial charge on any atom is -0.351 e. The molecule has 0 spiro atoms. The second-order valence-corrected chi connectivity index (χ2v) is 3.61. The Bertz CT molecular complexity index is 307. The number of hydrogen-bond acceptors (Lipinski definition) is 2. The molecule has 1 rings (SSSR count). The average Bonchev–Trinajstić information content (AvgIpc) is 2.22. The summed E-state index contributed by atoms with van der Waals surface area (Å²) in [6, 6.07) is 8.05. The minimum absolute atomic E-state index is 0.577. The second-order valence-electron chi connectivity index (χ2n) is 2.70. The van der Waals surface area contributed by atoms with Crippen molar-refractivity contribution < 1.29 is 0 Å². The highest BCUT2D eigenvalue weighted by atomic mass is 79.9. The summed E-state index contributed by atoms with van der Waals surface area (Å²) in [5.74, 6) is 5.80. The maximum absolute atomic E-state index is 5.22. The standard InChI is InChI=1S/C9H13BrN4/c1-12-9(14-11)13-6-7-2-4-8(10)5-3-7/h2-5H,6,11H2,1H3,(H2,12,13,14). The highest BCUT2D eigenvalue weighted by Crippen LogP contribution is 2.09. The molecule has 0 heterocycles. The third-order valence-corrected chi connectivity index (χ3v) is 2.26. The molecule has 0 amide bonds. The van der Waals surface area contributed by atoms with E-state index in [9.17, 15) is 0 Å². The van der Waals surface area contributed by atoms with Gasteiger partial charge in [-0.25, -0.2) is 5.84 Å². The molecule has 0 bridgehead atoms. The fraction of sp³-hybridized carbons (Fsp3) is 0.222. The van der Waals surface area contributed by atoms with Gasteiger partial charge in [0.25, 0.3) is 0 Å². The lowest BCUT2D eigenvalue weighted by atomic mass is 10.2. The van der Waals surface area contributed by atoms with Crippen molar-refractivity contribution in [2.45, 2.75) is 6.54 Å². The maximum Gasteiger partial charge on any atom is 0.205 e. The van der Waals surface area contributed by atoms with Gasteiger partial charge in [-0.1, -0.05) is 28.1 Å². The fourth-order valence-electron chi connectivity index (χ4n) is 0.983. The van der Waals surface area contributed by atoms with Crippen LogP contribution < -0.4 is 16.6 Å². The molecule has 1 aromatic carbocycles. The van der Waals surface area contributed by atoms with Crippen LogP contribution in [0, 0.1) is 0 Å². The third-order valence-electron chi connectivity index (χ3n) is 1.73. The Labute approximate surface area is 91.7 Å². The van der Waals surface area contributed by atoms with Crippen LogP contribution in [0.2, 0.25) is 0 Å². The van der Waals surface area contributed by atoms with Crippen molar-refractivity contribution in [2.24, 2.45) is 10.8 Å². The van der Waals surface area contributed by atoms with E-state index in [-0.39, 0.29) is 0 Å². The molecule has 4 N–H and O–H groups in total. The Kier molecular flexibility index (Phi) is 4.42. The van der Waals surface area contributed by atoms with Crippen LogP contribution in [-0.4, -0.2) is 13.0 Å². The number of hydrazine groups is 1. The maximum atomic E-state index is 5.22. The first-order valence-electron chi connectivity index (χ1n) is 4.18. The molecule has 0 aliphatic rings. The number of aliphatic imine (C=N–C) groups is 1. The van der Waals surface area contributed by atoms with E-state index in [1.165, 1.54) is 5.56 Å². The van der Waals surface area contributed by atoms with Gasteiger partial charge in [-0.05, 0) is 17.7 Å². The number of benzene rings is 1. The zero-order valence-corrected chi connectivity index (χ0v) is 9.51. The van der Waals surface area contributed by atoms with Gasteiger partial charge in [0.05, 0.1) is 0 Å². The number of nitrogens with one attached hydrogen (secondary N) is 2. The van der Waals surface area contributed by atoms with Crippen LogP contribution in [0.5, 0.6) is 0 Å². The predicted octanol–water partition coefficient (Wildman–Crippen LogP) is 0.988. The van der Waals surface area contributed by atoms with E-state index in [1.54, 1.807) is 7.05 Å². The molecular weight excluding hydrogens is 244 g/mol. The first-order chi connectivity index (χ1) is 6.76. The number of nitrogens with zero attached hydrogens (tertiary/aromatic N) is 1. The zero-order chi connectivity index (χ0) is 10.4. The molecule has 0 aromatic heterocycles. The first kappa shape index (κ1) is 11.0. The Hall–Kier alpha value is -1.07. The summed E-state index contributed by atoms with van der Waals surface area (Å²) in [6.45, 7) is 0.699. The van der Waals surface area contributed by atoms with Crippen LogP contribution >= 0.6 is 15.9 Å². The van der Waals surface area contributed by atoms with Gasteiger partial charge >= 0.3 is 0 Å². The van der Waals surface area contributed by atoms with E-state index in [0.717, 1.165) is 4.47 Å². The quantitative estimate of drug-likeness (QED) is 0.320. The van der Waals surface area contributed by atoms with Crippen molar-refractivity contribution in [1.82, 2.24) is 10.7 Å². The lowest BCUT2D eigenvalue weighted by Gasteiger charge is -2.07. The molecule has 0 aliphatic heterocycles. The SMILES string of the molecule is CN=C(NN)NCc1ccc(Br)cc1. The number of hydrogen-bond donors (Lipinski definition) is 3. The van der Waals surface area contributed by atoms with E-state index in [0.29, 0.717) is 12.5 Å². The Balaban J connectivity index is 2.49. The van der Waals surface area contributed by atoms with Gasteiger partial charge in [0, 0.05) is 18.1 Å². The van der Waals surface area contributed by atoms with Gasteiger partial charge in [0.1, 0.15) is 0 Å². The van der Waals surface area contributed by atoms with Crippen LogP contribution in [0.25, 0.3) is 0 Å². The van der Waals surface area contributed by atoms with Gasteiger partial charge in [0.15, 0.2) is 0 Å².